The van der Waals surface area contributed by atoms with Crippen LogP contribution < -0.4 is 16.6 Å². The summed E-state index contributed by atoms with van der Waals surface area (Å²) in [6.07, 6.45) is 0.481. The fraction of sp³-hybridized carbons (Fsp3) is 0.412. The number of aromatic nitrogens is 3. The minimum atomic E-state index is -3.07. The minimum Gasteiger partial charge on any atom is -0.394 e. The molecule has 0 aliphatic carbocycles. The van der Waals surface area contributed by atoms with Crippen LogP contribution in [0.15, 0.2) is 29.2 Å². The van der Waals surface area contributed by atoms with E-state index >= 15 is 0 Å². The van der Waals surface area contributed by atoms with Crippen molar-refractivity contribution in [3.05, 3.63) is 46.3 Å². The Kier molecular flexibility index (Phi) is 5.36. The van der Waals surface area contributed by atoms with E-state index in [9.17, 15) is 22.8 Å². The predicted molar refractivity (Wildman–Crippen MR) is 95.4 cm³/mol. The SMILES string of the molecule is C[C@@H](C(=O)Nc1ccc(F)cn1)N1CCC(F)(F)[C@@H](c2cc(N)c(=O)[nH]n2)C1. The van der Waals surface area contributed by atoms with Crippen molar-refractivity contribution in [3.8, 4) is 0 Å². The highest BCUT2D eigenvalue weighted by atomic mass is 19.3. The summed E-state index contributed by atoms with van der Waals surface area (Å²) in [7, 11) is 0. The van der Waals surface area contributed by atoms with Crippen LogP contribution in [-0.2, 0) is 4.79 Å². The maximum Gasteiger partial charge on any atom is 0.287 e. The van der Waals surface area contributed by atoms with Crippen LogP contribution in [0.5, 0.6) is 0 Å². The first kappa shape index (κ1) is 19.8. The van der Waals surface area contributed by atoms with E-state index in [-0.39, 0.29) is 30.3 Å². The van der Waals surface area contributed by atoms with Gasteiger partial charge in [-0.25, -0.2) is 23.3 Å². The molecule has 1 aliphatic rings. The number of aromatic amines is 1. The van der Waals surface area contributed by atoms with Crippen LogP contribution in [0.4, 0.5) is 24.7 Å². The van der Waals surface area contributed by atoms with Crippen LogP contribution in [0, 0.1) is 5.82 Å². The number of carbonyl (C=O) groups excluding carboxylic acids is 1. The second-order valence-electron chi connectivity index (χ2n) is 6.66. The molecule has 1 amide bonds. The monoisotopic (exact) mass is 396 g/mol. The Hall–Kier alpha value is -2.95. The molecular weight excluding hydrogens is 377 g/mol. The zero-order valence-corrected chi connectivity index (χ0v) is 15.0. The number of H-pyrrole nitrogens is 1. The fourth-order valence-electron chi connectivity index (χ4n) is 3.05. The molecule has 2 atom stereocenters. The Labute approximate surface area is 157 Å². The van der Waals surface area contributed by atoms with Gasteiger partial charge in [0.25, 0.3) is 11.5 Å². The first-order valence-corrected chi connectivity index (χ1v) is 8.57. The van der Waals surface area contributed by atoms with E-state index in [0.29, 0.717) is 0 Å². The Morgan fingerprint density at radius 3 is 2.86 bits per heavy atom. The van der Waals surface area contributed by atoms with Crippen molar-refractivity contribution >= 4 is 17.4 Å². The van der Waals surface area contributed by atoms with E-state index in [2.05, 4.69) is 20.5 Å². The van der Waals surface area contributed by atoms with E-state index in [1.807, 2.05) is 0 Å². The zero-order chi connectivity index (χ0) is 20.5. The second-order valence-corrected chi connectivity index (χ2v) is 6.66. The van der Waals surface area contributed by atoms with Gasteiger partial charge in [0.1, 0.15) is 17.3 Å². The molecule has 3 heterocycles. The number of hydrogen-bond acceptors (Lipinski definition) is 6. The number of hydrogen-bond donors (Lipinski definition) is 3. The molecule has 1 fully saturated rings. The summed E-state index contributed by atoms with van der Waals surface area (Å²) in [6, 6.07) is 2.84. The third-order valence-electron chi connectivity index (χ3n) is 4.77. The Bertz CT molecular complexity index is 918. The van der Waals surface area contributed by atoms with E-state index in [1.165, 1.54) is 6.07 Å². The fourth-order valence-corrected chi connectivity index (χ4v) is 3.05. The van der Waals surface area contributed by atoms with Gasteiger partial charge in [0.15, 0.2) is 0 Å². The van der Waals surface area contributed by atoms with Crippen molar-refractivity contribution in [2.75, 3.05) is 24.1 Å². The quantitative estimate of drug-likeness (QED) is 0.718. The second kappa shape index (κ2) is 7.58. The number of nitrogens with one attached hydrogen (secondary N) is 2. The van der Waals surface area contributed by atoms with E-state index < -0.39 is 41.6 Å². The molecule has 11 heteroatoms. The van der Waals surface area contributed by atoms with Crippen molar-refractivity contribution in [1.29, 1.82) is 0 Å². The summed E-state index contributed by atoms with van der Waals surface area (Å²) in [5.74, 6) is -5.24. The van der Waals surface area contributed by atoms with Gasteiger partial charge in [-0.3, -0.25) is 14.5 Å². The van der Waals surface area contributed by atoms with Crippen LogP contribution in [0.1, 0.15) is 25.0 Å². The molecule has 4 N–H and O–H groups in total. The van der Waals surface area contributed by atoms with Gasteiger partial charge in [0.2, 0.25) is 5.91 Å². The van der Waals surface area contributed by atoms with E-state index in [1.54, 1.807) is 11.8 Å². The maximum absolute atomic E-state index is 14.5. The predicted octanol–water partition coefficient (Wildman–Crippen LogP) is 1.34. The average Bonchev–Trinajstić information content (AvgIpc) is 2.65. The van der Waals surface area contributed by atoms with Crippen LogP contribution >= 0.6 is 0 Å². The van der Waals surface area contributed by atoms with Gasteiger partial charge >= 0.3 is 0 Å². The summed E-state index contributed by atoms with van der Waals surface area (Å²) in [4.78, 5) is 29.1. The van der Waals surface area contributed by atoms with Crippen LogP contribution in [-0.4, -0.2) is 51.0 Å². The molecule has 0 saturated carbocycles. The molecule has 150 valence electrons. The molecule has 8 nitrogen and oxygen atoms in total. The molecule has 28 heavy (non-hydrogen) atoms. The van der Waals surface area contributed by atoms with Crippen LogP contribution in [0.25, 0.3) is 0 Å². The highest BCUT2D eigenvalue weighted by Crippen LogP contribution is 2.40. The lowest BCUT2D eigenvalue weighted by atomic mass is 9.89. The molecule has 1 saturated heterocycles. The molecule has 0 unspecified atom stereocenters. The van der Waals surface area contributed by atoms with Gasteiger partial charge in [-0.05, 0) is 25.1 Å². The molecular formula is C17H19F3N6O2. The van der Waals surface area contributed by atoms with Gasteiger partial charge in [-0.2, -0.15) is 5.10 Å². The molecule has 0 spiro atoms. The van der Waals surface area contributed by atoms with Crippen molar-refractivity contribution in [1.82, 2.24) is 20.1 Å². The highest BCUT2D eigenvalue weighted by Gasteiger charge is 2.47. The van der Waals surface area contributed by atoms with E-state index in [4.69, 9.17) is 5.73 Å². The standard InChI is InChI=1S/C17H19F3N6O2/c1-9(15(27)23-14-3-2-10(18)7-22-14)26-5-4-17(19,20)11(8-26)13-6-12(21)16(28)25-24-13/h2-3,6-7,9,11H,4-5,8H2,1H3,(H2,21,24)(H,25,28)(H,22,23,27)/t9-,11+/m0/s1. The lowest BCUT2D eigenvalue weighted by Crippen LogP contribution is -2.52. The topological polar surface area (TPSA) is 117 Å². The summed E-state index contributed by atoms with van der Waals surface area (Å²) >= 11 is 0. The summed E-state index contributed by atoms with van der Waals surface area (Å²) < 4.78 is 41.8. The number of anilines is 2. The number of pyridine rings is 1. The first-order chi connectivity index (χ1) is 13.2. The number of nitrogen functional groups attached to an aromatic ring is 1. The van der Waals surface area contributed by atoms with Gasteiger partial charge in [-0.1, -0.05) is 0 Å². The lowest BCUT2D eigenvalue weighted by Gasteiger charge is -2.40. The summed E-state index contributed by atoms with van der Waals surface area (Å²) in [5, 5.41) is 8.34. The number of likely N-dealkylation sites (tertiary alicyclic amines) is 1. The highest BCUT2D eigenvalue weighted by molar-refractivity contribution is 5.93. The molecule has 2 aromatic heterocycles. The average molecular weight is 396 g/mol. The van der Waals surface area contributed by atoms with Crippen LogP contribution in [0.2, 0.25) is 0 Å². The lowest BCUT2D eigenvalue weighted by molar-refractivity contribution is -0.125. The number of alkyl halides is 2. The number of amides is 1. The minimum absolute atomic E-state index is 0.00618. The third kappa shape index (κ3) is 4.14. The summed E-state index contributed by atoms with van der Waals surface area (Å²) in [5.41, 5.74) is 4.62. The molecule has 0 aromatic carbocycles. The van der Waals surface area contributed by atoms with Crippen molar-refractivity contribution in [2.24, 2.45) is 0 Å². The Morgan fingerprint density at radius 1 is 1.46 bits per heavy atom. The van der Waals surface area contributed by atoms with Gasteiger partial charge in [-0.15, -0.1) is 0 Å². The van der Waals surface area contributed by atoms with E-state index in [0.717, 1.165) is 18.3 Å². The normalized spacial score (nSPS) is 20.5. The van der Waals surface area contributed by atoms with Crippen LogP contribution in [0.3, 0.4) is 0 Å². The Balaban J connectivity index is 1.75. The largest absolute Gasteiger partial charge is 0.394 e. The molecule has 3 rings (SSSR count). The number of rotatable bonds is 4. The van der Waals surface area contributed by atoms with Crippen molar-refractivity contribution < 1.29 is 18.0 Å². The maximum atomic E-state index is 14.5. The Morgan fingerprint density at radius 2 is 2.21 bits per heavy atom. The molecule has 2 aromatic rings. The number of nitrogens with zero attached hydrogens (tertiary/aromatic N) is 3. The van der Waals surface area contributed by atoms with Gasteiger partial charge in [0, 0.05) is 19.5 Å². The molecule has 0 bridgehead atoms. The van der Waals surface area contributed by atoms with Gasteiger partial charge in [0.05, 0.1) is 23.9 Å². The molecule has 0 radical (unpaired) electrons. The number of halogens is 3. The number of nitrogens with two attached hydrogens (primary N) is 1. The molecule has 1 aliphatic heterocycles. The van der Waals surface area contributed by atoms with Crippen molar-refractivity contribution in [2.45, 2.75) is 31.2 Å². The number of piperidine rings is 1. The first-order valence-electron chi connectivity index (χ1n) is 8.57. The van der Waals surface area contributed by atoms with Gasteiger partial charge < -0.3 is 11.1 Å². The zero-order valence-electron chi connectivity index (χ0n) is 15.0. The third-order valence-corrected chi connectivity index (χ3v) is 4.77. The number of carbonyl (C=O) groups is 1. The smallest absolute Gasteiger partial charge is 0.287 e. The summed E-state index contributed by atoms with van der Waals surface area (Å²) in [6.45, 7) is 1.42. The van der Waals surface area contributed by atoms with Crippen molar-refractivity contribution in [3.63, 3.8) is 0 Å².